The van der Waals surface area contributed by atoms with E-state index in [9.17, 15) is 0 Å². The molecule has 3 aromatic heterocycles. The molecule has 1 aromatic carbocycles. The minimum Gasteiger partial charge on any atom is -0.308 e. The Kier molecular flexibility index (Phi) is 5.78. The zero-order chi connectivity index (χ0) is 16.9. The normalized spacial score (nSPS) is 10.5. The Hall–Kier alpha value is -2.96. The predicted octanol–water partition coefficient (Wildman–Crippen LogP) is 3.16. The van der Waals surface area contributed by atoms with Gasteiger partial charge in [0.25, 0.3) is 0 Å². The second-order valence-electron chi connectivity index (χ2n) is 5.68. The maximum absolute atomic E-state index is 4.44. The van der Waals surface area contributed by atoms with Crippen LogP contribution in [0.25, 0.3) is 11.5 Å². The first kappa shape index (κ1) is 17.8. The van der Waals surface area contributed by atoms with Crippen LogP contribution in [0, 0.1) is 0 Å². The van der Waals surface area contributed by atoms with Crippen molar-refractivity contribution in [3.8, 4) is 11.5 Å². The molecule has 0 unspecified atom stereocenters. The maximum atomic E-state index is 4.44. The fourth-order valence-corrected chi connectivity index (χ4v) is 2.71. The van der Waals surface area contributed by atoms with E-state index >= 15 is 0 Å². The zero-order valence-electron chi connectivity index (χ0n) is 14.1. The molecule has 0 aliphatic heterocycles. The zero-order valence-corrected chi connectivity index (χ0v) is 14.9. The van der Waals surface area contributed by atoms with Gasteiger partial charge >= 0.3 is 0 Å². The molecule has 0 saturated carbocycles. The van der Waals surface area contributed by atoms with Crippen LogP contribution in [0.15, 0.2) is 79.8 Å². The van der Waals surface area contributed by atoms with Crippen LogP contribution in [0.1, 0.15) is 11.1 Å². The number of aromatic nitrogens is 5. The van der Waals surface area contributed by atoms with Gasteiger partial charge in [0.15, 0.2) is 5.82 Å². The van der Waals surface area contributed by atoms with Crippen LogP contribution in [0.4, 0.5) is 0 Å². The van der Waals surface area contributed by atoms with Crippen LogP contribution in [0.5, 0.6) is 0 Å². The fraction of sp³-hybridized carbons (Fsp3) is 0.105. The summed E-state index contributed by atoms with van der Waals surface area (Å²) in [5, 5.41) is 7.74. The van der Waals surface area contributed by atoms with E-state index in [1.165, 1.54) is 5.56 Å². The summed E-state index contributed by atoms with van der Waals surface area (Å²) in [4.78, 5) is 8.51. The second-order valence-corrected chi connectivity index (χ2v) is 5.68. The summed E-state index contributed by atoms with van der Waals surface area (Å²) in [7, 11) is 0. The van der Waals surface area contributed by atoms with Crippen LogP contribution in [-0.4, -0.2) is 24.3 Å². The van der Waals surface area contributed by atoms with Gasteiger partial charge in [-0.25, -0.2) is 14.6 Å². The number of halogens is 1. The quantitative estimate of drug-likeness (QED) is 0.569. The molecule has 6 nitrogen and oxygen atoms in total. The summed E-state index contributed by atoms with van der Waals surface area (Å²) >= 11 is 0. The number of imidazole rings is 1. The number of hydrogen-bond donors (Lipinski definition) is 1. The highest BCUT2D eigenvalue weighted by Crippen LogP contribution is 2.12. The Labute approximate surface area is 158 Å². The highest BCUT2D eigenvalue weighted by molar-refractivity contribution is 5.85. The fourth-order valence-electron chi connectivity index (χ4n) is 2.71. The number of pyridine rings is 1. The highest BCUT2D eigenvalue weighted by Gasteiger charge is 2.05. The third-order valence-electron chi connectivity index (χ3n) is 3.97. The van der Waals surface area contributed by atoms with Gasteiger partial charge in [0.1, 0.15) is 0 Å². The van der Waals surface area contributed by atoms with E-state index in [1.54, 1.807) is 29.6 Å². The number of rotatable bonds is 6. The number of nitrogens with one attached hydrogen (secondary N) is 1. The standard InChI is InChI=1S/C19H18N6.ClH/c1-3-17(19(22-8-1)25-11-2-9-23-25)14-21-13-16-4-6-18(7-5-16)24-12-10-20-15-24;/h1-12,15,21H,13-14H2;1H. The van der Waals surface area contributed by atoms with Gasteiger partial charge in [-0.3, -0.25) is 0 Å². The Balaban J connectivity index is 0.00000196. The van der Waals surface area contributed by atoms with Gasteiger partial charge in [-0.2, -0.15) is 5.10 Å². The smallest absolute Gasteiger partial charge is 0.157 e. The van der Waals surface area contributed by atoms with E-state index < -0.39 is 0 Å². The van der Waals surface area contributed by atoms with Crippen molar-refractivity contribution in [3.05, 3.63) is 90.9 Å². The summed E-state index contributed by atoms with van der Waals surface area (Å²) < 4.78 is 3.78. The lowest BCUT2D eigenvalue weighted by Gasteiger charge is -2.10. The Bertz CT molecular complexity index is 917. The molecule has 7 heteroatoms. The van der Waals surface area contributed by atoms with Crippen LogP contribution in [0.2, 0.25) is 0 Å². The first-order valence-corrected chi connectivity index (χ1v) is 8.12. The topological polar surface area (TPSA) is 60.6 Å². The Morgan fingerprint density at radius 3 is 2.50 bits per heavy atom. The van der Waals surface area contributed by atoms with Crippen molar-refractivity contribution in [1.82, 2.24) is 29.6 Å². The molecule has 0 fully saturated rings. The van der Waals surface area contributed by atoms with E-state index in [0.29, 0.717) is 0 Å². The lowest BCUT2D eigenvalue weighted by molar-refractivity contribution is 0.681. The van der Waals surface area contributed by atoms with Gasteiger partial charge in [0.05, 0.1) is 6.33 Å². The van der Waals surface area contributed by atoms with Gasteiger partial charge in [-0.05, 0) is 29.8 Å². The molecular formula is C19H19ClN6. The molecule has 0 amide bonds. The Morgan fingerprint density at radius 1 is 0.885 bits per heavy atom. The summed E-state index contributed by atoms with van der Waals surface area (Å²) in [6.45, 7) is 1.52. The molecular weight excluding hydrogens is 348 g/mol. The first-order valence-electron chi connectivity index (χ1n) is 8.12. The molecule has 4 rings (SSSR count). The number of benzene rings is 1. The van der Waals surface area contributed by atoms with Crippen LogP contribution in [0.3, 0.4) is 0 Å². The van der Waals surface area contributed by atoms with Gasteiger partial charge < -0.3 is 9.88 Å². The molecule has 1 N–H and O–H groups in total. The van der Waals surface area contributed by atoms with Crippen molar-refractivity contribution in [3.63, 3.8) is 0 Å². The average Bonchev–Trinajstić information content (AvgIpc) is 3.37. The van der Waals surface area contributed by atoms with Crippen molar-refractivity contribution in [1.29, 1.82) is 0 Å². The number of hydrogen-bond acceptors (Lipinski definition) is 4. The summed E-state index contributed by atoms with van der Waals surface area (Å²) in [6, 6.07) is 14.4. The molecule has 4 aromatic rings. The SMILES string of the molecule is Cl.c1cnc(-n2cccn2)c(CNCc2ccc(-n3ccnc3)cc2)c1. The monoisotopic (exact) mass is 366 g/mol. The second kappa shape index (κ2) is 8.42. The molecule has 0 spiro atoms. The molecule has 3 heterocycles. The molecule has 0 radical (unpaired) electrons. The van der Waals surface area contributed by atoms with Crippen LogP contribution in [-0.2, 0) is 13.1 Å². The van der Waals surface area contributed by atoms with E-state index in [0.717, 1.165) is 30.2 Å². The lowest BCUT2D eigenvalue weighted by Crippen LogP contribution is -2.15. The Morgan fingerprint density at radius 2 is 1.77 bits per heavy atom. The van der Waals surface area contributed by atoms with Gasteiger partial charge in [-0.15, -0.1) is 12.4 Å². The highest BCUT2D eigenvalue weighted by atomic mass is 35.5. The summed E-state index contributed by atoms with van der Waals surface area (Å²) in [5.41, 5.74) is 3.45. The van der Waals surface area contributed by atoms with E-state index in [2.05, 4.69) is 50.7 Å². The largest absolute Gasteiger partial charge is 0.308 e. The van der Waals surface area contributed by atoms with Crippen molar-refractivity contribution in [2.24, 2.45) is 0 Å². The molecule has 0 aliphatic carbocycles. The van der Waals surface area contributed by atoms with Gasteiger partial charge in [0, 0.05) is 55.3 Å². The predicted molar refractivity (Wildman–Crippen MR) is 103 cm³/mol. The van der Waals surface area contributed by atoms with E-state index in [1.807, 2.05) is 29.1 Å². The molecule has 0 saturated heterocycles. The molecule has 0 atom stereocenters. The molecule has 0 aliphatic rings. The minimum atomic E-state index is 0. The molecule has 0 bridgehead atoms. The average molecular weight is 367 g/mol. The van der Waals surface area contributed by atoms with Crippen molar-refractivity contribution in [2.45, 2.75) is 13.1 Å². The van der Waals surface area contributed by atoms with E-state index in [4.69, 9.17) is 0 Å². The van der Waals surface area contributed by atoms with Crippen LogP contribution >= 0.6 is 12.4 Å². The van der Waals surface area contributed by atoms with Crippen molar-refractivity contribution < 1.29 is 0 Å². The maximum Gasteiger partial charge on any atom is 0.157 e. The number of nitrogens with zero attached hydrogens (tertiary/aromatic N) is 5. The van der Waals surface area contributed by atoms with Crippen molar-refractivity contribution >= 4 is 12.4 Å². The summed E-state index contributed by atoms with van der Waals surface area (Å²) in [5.74, 6) is 0.857. The van der Waals surface area contributed by atoms with Crippen LogP contribution < -0.4 is 5.32 Å². The van der Waals surface area contributed by atoms with Gasteiger partial charge in [-0.1, -0.05) is 18.2 Å². The molecule has 26 heavy (non-hydrogen) atoms. The molecule has 132 valence electrons. The van der Waals surface area contributed by atoms with E-state index in [-0.39, 0.29) is 12.4 Å². The summed E-state index contributed by atoms with van der Waals surface area (Å²) in [6.07, 6.45) is 11.0. The third-order valence-corrected chi connectivity index (χ3v) is 3.97. The first-order chi connectivity index (χ1) is 12.4. The van der Waals surface area contributed by atoms with Gasteiger partial charge in [0.2, 0.25) is 0 Å². The lowest BCUT2D eigenvalue weighted by atomic mass is 10.2. The third kappa shape index (κ3) is 3.99. The van der Waals surface area contributed by atoms with Crippen molar-refractivity contribution in [2.75, 3.05) is 0 Å². The minimum absolute atomic E-state index is 0.